The zero-order valence-corrected chi connectivity index (χ0v) is 16.9. The Morgan fingerprint density at radius 1 is 1.07 bits per heavy atom. The van der Waals surface area contributed by atoms with E-state index in [2.05, 4.69) is 10.6 Å². The molecule has 2 unspecified atom stereocenters. The lowest BCUT2D eigenvalue weighted by molar-refractivity contribution is -0.123. The van der Waals surface area contributed by atoms with Gasteiger partial charge in [-0.15, -0.1) is 11.3 Å². The molecule has 0 bridgehead atoms. The zero-order chi connectivity index (χ0) is 21.7. The number of carbonyl (C=O) groups excluding carboxylic acids is 2. The lowest BCUT2D eigenvalue weighted by Gasteiger charge is -2.20. The third kappa shape index (κ3) is 4.64. The molecule has 0 fully saturated rings. The maximum atomic E-state index is 12.8. The van der Waals surface area contributed by atoms with E-state index in [-0.39, 0.29) is 17.5 Å². The van der Waals surface area contributed by atoms with Crippen molar-refractivity contribution in [3.63, 3.8) is 0 Å². The second-order valence-electron chi connectivity index (χ2n) is 6.70. The van der Waals surface area contributed by atoms with Crippen LogP contribution in [0.1, 0.15) is 33.2 Å². The zero-order valence-electron chi connectivity index (χ0n) is 16.1. The van der Waals surface area contributed by atoms with E-state index in [0.29, 0.717) is 0 Å². The normalized spacial score (nSPS) is 12.5. The number of aromatic carboxylic acids is 1. The molecule has 8 heteroatoms. The molecule has 0 saturated carbocycles. The van der Waals surface area contributed by atoms with Crippen LogP contribution in [0.25, 0.3) is 10.1 Å². The van der Waals surface area contributed by atoms with Gasteiger partial charge in [-0.3, -0.25) is 9.59 Å². The molecule has 7 nitrogen and oxygen atoms in total. The monoisotopic (exact) mass is 421 g/mol. The number of carboxylic acid groups (broad SMARTS) is 1. The van der Waals surface area contributed by atoms with Gasteiger partial charge < -0.3 is 15.7 Å². The lowest BCUT2D eigenvalue weighted by atomic mass is 10.0. The molecular weight excluding hydrogens is 402 g/mol. The summed E-state index contributed by atoms with van der Waals surface area (Å²) in [4.78, 5) is 37.0. The summed E-state index contributed by atoms with van der Waals surface area (Å²) >= 11 is 1.53. The minimum Gasteiger partial charge on any atom is -0.478 e. The number of thiophene rings is 1. The first-order valence-corrected chi connectivity index (χ1v) is 10.1. The number of carboxylic acids is 1. The van der Waals surface area contributed by atoms with Crippen LogP contribution in [0.15, 0.2) is 53.9 Å². The summed E-state index contributed by atoms with van der Waals surface area (Å²) in [6, 6.07) is 13.7. The van der Waals surface area contributed by atoms with Crippen molar-refractivity contribution in [1.29, 1.82) is 5.26 Å². The highest BCUT2D eigenvalue weighted by Crippen LogP contribution is 2.26. The van der Waals surface area contributed by atoms with Crippen LogP contribution in [0.5, 0.6) is 0 Å². The smallest absolute Gasteiger partial charge is 0.336 e. The molecule has 3 rings (SSSR count). The van der Waals surface area contributed by atoms with Gasteiger partial charge in [-0.25, -0.2) is 4.79 Å². The fourth-order valence-electron chi connectivity index (χ4n) is 3.07. The van der Waals surface area contributed by atoms with Gasteiger partial charge in [-0.05, 0) is 41.5 Å². The number of amides is 2. The molecule has 0 spiro atoms. The largest absolute Gasteiger partial charge is 0.478 e. The topological polar surface area (TPSA) is 119 Å². The van der Waals surface area contributed by atoms with Crippen LogP contribution in [0, 0.1) is 11.3 Å². The molecule has 0 aliphatic heterocycles. The molecule has 0 aliphatic carbocycles. The Morgan fingerprint density at radius 3 is 2.43 bits per heavy atom. The number of hydrogen-bond donors (Lipinski definition) is 3. The Labute approximate surface area is 177 Å². The van der Waals surface area contributed by atoms with Crippen molar-refractivity contribution >= 4 is 39.2 Å². The summed E-state index contributed by atoms with van der Waals surface area (Å²) in [6.07, 6.45) is 0.203. The molecule has 3 N–H and O–H groups in total. The average molecular weight is 421 g/mol. The molecule has 0 saturated heterocycles. The highest BCUT2D eigenvalue weighted by molar-refractivity contribution is 7.17. The summed E-state index contributed by atoms with van der Waals surface area (Å²) in [7, 11) is 0. The van der Waals surface area contributed by atoms with Gasteiger partial charge in [-0.1, -0.05) is 30.3 Å². The van der Waals surface area contributed by atoms with Gasteiger partial charge in [0.2, 0.25) is 5.91 Å². The molecule has 2 amide bonds. The summed E-state index contributed by atoms with van der Waals surface area (Å²) < 4.78 is 1.06. The predicted octanol–water partition coefficient (Wildman–Crippen LogP) is 2.97. The van der Waals surface area contributed by atoms with E-state index in [9.17, 15) is 19.5 Å². The number of nitriles is 1. The lowest BCUT2D eigenvalue weighted by Crippen LogP contribution is -2.50. The second kappa shape index (κ2) is 9.20. The minimum absolute atomic E-state index is 0.0358. The molecule has 0 aliphatic rings. The molecule has 152 valence electrons. The number of nitrogens with one attached hydrogen (secondary N) is 2. The van der Waals surface area contributed by atoms with Crippen molar-refractivity contribution < 1.29 is 19.5 Å². The quantitative estimate of drug-likeness (QED) is 0.542. The van der Waals surface area contributed by atoms with Crippen LogP contribution in [-0.4, -0.2) is 35.0 Å². The van der Waals surface area contributed by atoms with Crippen molar-refractivity contribution in [2.45, 2.75) is 25.4 Å². The van der Waals surface area contributed by atoms with Crippen LogP contribution in [0.3, 0.4) is 0 Å². The standard InChI is InChI=1S/C22H19N3O4S/c1-13(11-23)24-21(27)18(10-14-12-30-19-9-5-4-6-15(14)19)25-20(26)16-7-2-3-8-17(16)22(28)29/h2-9,12-13,18H,10H2,1H3,(H,24,27)(H,25,26)(H,28,29). The van der Waals surface area contributed by atoms with E-state index in [4.69, 9.17) is 5.26 Å². The summed E-state index contributed by atoms with van der Waals surface area (Å²) in [5, 5.41) is 26.5. The SMILES string of the molecule is CC(C#N)NC(=O)C(Cc1csc2ccccc12)NC(=O)c1ccccc1C(=O)O. The fraction of sp³-hybridized carbons (Fsp3) is 0.182. The Hall–Kier alpha value is -3.70. The Balaban J connectivity index is 1.90. The van der Waals surface area contributed by atoms with Crippen LogP contribution in [-0.2, 0) is 11.2 Å². The van der Waals surface area contributed by atoms with Gasteiger partial charge in [0.1, 0.15) is 12.1 Å². The van der Waals surface area contributed by atoms with Gasteiger partial charge >= 0.3 is 5.97 Å². The molecule has 1 heterocycles. The van der Waals surface area contributed by atoms with Crippen LogP contribution in [0.2, 0.25) is 0 Å². The number of carbonyl (C=O) groups is 3. The minimum atomic E-state index is -1.23. The molecule has 1 aromatic heterocycles. The van der Waals surface area contributed by atoms with Crippen molar-refractivity contribution in [2.75, 3.05) is 0 Å². The number of fused-ring (bicyclic) bond motifs is 1. The van der Waals surface area contributed by atoms with Crippen LogP contribution in [0.4, 0.5) is 0 Å². The highest BCUT2D eigenvalue weighted by atomic mass is 32.1. The van der Waals surface area contributed by atoms with E-state index in [1.165, 1.54) is 36.5 Å². The first kappa shape index (κ1) is 21.0. The van der Waals surface area contributed by atoms with Gasteiger partial charge in [-0.2, -0.15) is 5.26 Å². The van der Waals surface area contributed by atoms with Gasteiger partial charge in [0.05, 0.1) is 17.2 Å². The third-order valence-corrected chi connectivity index (χ3v) is 5.57. The van der Waals surface area contributed by atoms with Crippen molar-refractivity contribution in [2.24, 2.45) is 0 Å². The molecular formula is C22H19N3O4S. The van der Waals surface area contributed by atoms with Gasteiger partial charge in [0.15, 0.2) is 0 Å². The van der Waals surface area contributed by atoms with E-state index in [1.807, 2.05) is 35.7 Å². The van der Waals surface area contributed by atoms with Crippen LogP contribution < -0.4 is 10.6 Å². The Kier molecular flexibility index (Phi) is 6.45. The Morgan fingerprint density at radius 2 is 1.73 bits per heavy atom. The molecule has 3 aromatic rings. The van der Waals surface area contributed by atoms with Crippen LogP contribution >= 0.6 is 11.3 Å². The maximum absolute atomic E-state index is 12.8. The maximum Gasteiger partial charge on any atom is 0.336 e. The fourth-order valence-corrected chi connectivity index (χ4v) is 4.05. The Bertz CT molecular complexity index is 1150. The number of rotatable bonds is 7. The van der Waals surface area contributed by atoms with Crippen molar-refractivity contribution in [3.8, 4) is 6.07 Å². The predicted molar refractivity (Wildman–Crippen MR) is 113 cm³/mol. The second-order valence-corrected chi connectivity index (χ2v) is 7.61. The molecule has 2 atom stereocenters. The van der Waals surface area contributed by atoms with Gasteiger partial charge in [0.25, 0.3) is 5.91 Å². The van der Waals surface area contributed by atoms with Crippen molar-refractivity contribution in [1.82, 2.24) is 10.6 Å². The van der Waals surface area contributed by atoms with Gasteiger partial charge in [0, 0.05) is 11.1 Å². The van der Waals surface area contributed by atoms with E-state index < -0.39 is 29.9 Å². The third-order valence-electron chi connectivity index (χ3n) is 4.56. The first-order chi connectivity index (χ1) is 14.4. The van der Waals surface area contributed by atoms with E-state index in [1.54, 1.807) is 6.07 Å². The number of nitrogens with zero attached hydrogens (tertiary/aromatic N) is 1. The summed E-state index contributed by atoms with van der Waals surface area (Å²) in [5.41, 5.74) is 0.694. The van der Waals surface area contributed by atoms with Crippen molar-refractivity contribution in [3.05, 3.63) is 70.6 Å². The van der Waals surface area contributed by atoms with E-state index >= 15 is 0 Å². The average Bonchev–Trinajstić information content (AvgIpc) is 3.15. The van der Waals surface area contributed by atoms with E-state index in [0.717, 1.165) is 15.6 Å². The highest BCUT2D eigenvalue weighted by Gasteiger charge is 2.26. The summed E-state index contributed by atoms with van der Waals surface area (Å²) in [6.45, 7) is 1.54. The molecule has 2 aromatic carbocycles. The number of benzene rings is 2. The molecule has 0 radical (unpaired) electrons. The summed E-state index contributed by atoms with van der Waals surface area (Å²) in [5.74, 6) is -2.42. The molecule has 30 heavy (non-hydrogen) atoms. The first-order valence-electron chi connectivity index (χ1n) is 9.19. The number of hydrogen-bond acceptors (Lipinski definition) is 5.